The van der Waals surface area contributed by atoms with Crippen LogP contribution in [0.25, 0.3) is 0 Å². The summed E-state index contributed by atoms with van der Waals surface area (Å²) in [6.07, 6.45) is 0. The summed E-state index contributed by atoms with van der Waals surface area (Å²) in [7, 11) is 1.63. The first-order chi connectivity index (χ1) is 13.6. The zero-order chi connectivity index (χ0) is 19.9. The molecule has 0 spiro atoms. The van der Waals surface area contributed by atoms with Crippen LogP contribution in [0.15, 0.2) is 78.9 Å². The minimum Gasteiger partial charge on any atom is -0.496 e. The lowest BCUT2D eigenvalue weighted by atomic mass is 10.0. The lowest BCUT2D eigenvalue weighted by Gasteiger charge is -2.24. The van der Waals surface area contributed by atoms with Gasteiger partial charge in [0.25, 0.3) is 0 Å². The van der Waals surface area contributed by atoms with E-state index in [0.29, 0.717) is 5.69 Å². The number of hydrogen-bond acceptors (Lipinski definition) is 3. The van der Waals surface area contributed by atoms with E-state index in [0.717, 1.165) is 16.9 Å². The monoisotopic (exact) mass is 378 g/mol. The van der Waals surface area contributed by atoms with Crippen molar-refractivity contribution in [1.82, 2.24) is 5.32 Å². The number of amides is 1. The smallest absolute Gasteiger partial charge is 0.246 e. The van der Waals surface area contributed by atoms with Gasteiger partial charge in [0.05, 0.1) is 7.11 Å². The Morgan fingerprint density at radius 2 is 1.57 bits per heavy atom. The van der Waals surface area contributed by atoms with Gasteiger partial charge in [0, 0.05) is 17.3 Å². The molecule has 0 aliphatic carbocycles. The highest BCUT2D eigenvalue weighted by atomic mass is 19.1. The Morgan fingerprint density at radius 3 is 2.25 bits per heavy atom. The number of para-hydroxylation sites is 1. The summed E-state index contributed by atoms with van der Waals surface area (Å²) in [4.78, 5) is 13.0. The average molecular weight is 378 g/mol. The molecule has 0 unspecified atom stereocenters. The lowest BCUT2D eigenvalue weighted by Crippen LogP contribution is -2.34. The number of methoxy groups -OCH3 is 1. The van der Waals surface area contributed by atoms with Crippen molar-refractivity contribution in [3.8, 4) is 5.75 Å². The number of anilines is 1. The van der Waals surface area contributed by atoms with Gasteiger partial charge >= 0.3 is 0 Å². The fourth-order valence-corrected chi connectivity index (χ4v) is 3.08. The molecule has 0 saturated carbocycles. The van der Waals surface area contributed by atoms with Crippen LogP contribution in [0.2, 0.25) is 0 Å². The van der Waals surface area contributed by atoms with Crippen LogP contribution in [0.5, 0.6) is 5.75 Å². The van der Waals surface area contributed by atoms with Gasteiger partial charge in [-0.1, -0.05) is 48.5 Å². The molecule has 2 N–H and O–H groups in total. The molecule has 0 fully saturated rings. The van der Waals surface area contributed by atoms with Gasteiger partial charge in [-0.15, -0.1) is 0 Å². The molecule has 2 atom stereocenters. The second-order valence-corrected chi connectivity index (χ2v) is 6.47. The van der Waals surface area contributed by atoms with E-state index in [2.05, 4.69) is 10.6 Å². The van der Waals surface area contributed by atoms with Crippen molar-refractivity contribution in [2.75, 3.05) is 12.4 Å². The van der Waals surface area contributed by atoms with Gasteiger partial charge in [0.15, 0.2) is 0 Å². The molecule has 0 heterocycles. The molecule has 0 bridgehead atoms. The molecule has 0 radical (unpaired) electrons. The van der Waals surface area contributed by atoms with Crippen LogP contribution in [0.4, 0.5) is 10.1 Å². The first-order valence-electron chi connectivity index (χ1n) is 9.09. The molecule has 0 saturated heterocycles. The number of benzene rings is 3. The summed E-state index contributed by atoms with van der Waals surface area (Å²) in [6.45, 7) is 1.99. The first kappa shape index (κ1) is 19.6. The maximum Gasteiger partial charge on any atom is 0.246 e. The fourth-order valence-electron chi connectivity index (χ4n) is 3.08. The third kappa shape index (κ3) is 4.75. The Kier molecular flexibility index (Phi) is 6.40. The Balaban J connectivity index is 1.85. The standard InChI is InChI=1S/C23H23FN2O2/c1-16(20-10-6-7-11-21(20)28-2)25-22(17-8-4-3-5-9-17)23(27)26-19-14-12-18(24)13-15-19/h3-16,22,25H,1-2H3,(H,26,27)/t16-,22-/m1/s1. The molecule has 3 rings (SSSR count). The van der Waals surface area contributed by atoms with Crippen molar-refractivity contribution in [2.24, 2.45) is 0 Å². The Bertz CT molecular complexity index is 913. The molecular formula is C23H23FN2O2. The third-order valence-corrected chi connectivity index (χ3v) is 4.53. The molecule has 4 nitrogen and oxygen atoms in total. The van der Waals surface area contributed by atoms with Crippen molar-refractivity contribution >= 4 is 11.6 Å². The Labute approximate surface area is 164 Å². The zero-order valence-electron chi connectivity index (χ0n) is 15.9. The molecule has 0 aliphatic rings. The average Bonchev–Trinajstić information content (AvgIpc) is 2.74. The number of carbonyl (C=O) groups excluding carboxylic acids is 1. The van der Waals surface area contributed by atoms with Crippen LogP contribution >= 0.6 is 0 Å². The second-order valence-electron chi connectivity index (χ2n) is 6.47. The molecule has 0 aromatic heterocycles. The first-order valence-corrected chi connectivity index (χ1v) is 9.09. The second kappa shape index (κ2) is 9.15. The summed E-state index contributed by atoms with van der Waals surface area (Å²) in [5.74, 6) is 0.188. The highest BCUT2D eigenvalue weighted by Gasteiger charge is 2.24. The molecule has 0 aliphatic heterocycles. The zero-order valence-corrected chi connectivity index (χ0v) is 15.9. The molecular weight excluding hydrogens is 355 g/mol. The SMILES string of the molecule is COc1ccccc1[C@@H](C)N[C@@H](C(=O)Nc1ccc(F)cc1)c1ccccc1. The predicted molar refractivity (Wildman–Crippen MR) is 109 cm³/mol. The quantitative estimate of drug-likeness (QED) is 0.617. The van der Waals surface area contributed by atoms with E-state index >= 15 is 0 Å². The number of nitrogens with one attached hydrogen (secondary N) is 2. The third-order valence-electron chi connectivity index (χ3n) is 4.53. The van der Waals surface area contributed by atoms with Gasteiger partial charge in [-0.2, -0.15) is 0 Å². The number of ether oxygens (including phenoxy) is 1. The Morgan fingerprint density at radius 1 is 0.929 bits per heavy atom. The minimum atomic E-state index is -0.592. The van der Waals surface area contributed by atoms with Gasteiger partial charge < -0.3 is 10.1 Å². The maximum atomic E-state index is 13.1. The molecule has 3 aromatic carbocycles. The van der Waals surface area contributed by atoms with Gasteiger partial charge in [0.1, 0.15) is 17.6 Å². The minimum absolute atomic E-state index is 0.139. The van der Waals surface area contributed by atoms with Crippen molar-refractivity contribution in [1.29, 1.82) is 0 Å². The highest BCUT2D eigenvalue weighted by molar-refractivity contribution is 5.95. The van der Waals surface area contributed by atoms with Crippen LogP contribution in [0.3, 0.4) is 0 Å². The van der Waals surface area contributed by atoms with Crippen LogP contribution in [-0.4, -0.2) is 13.0 Å². The summed E-state index contributed by atoms with van der Waals surface area (Å²) in [5.41, 5.74) is 2.34. The lowest BCUT2D eigenvalue weighted by molar-refractivity contribution is -0.118. The molecule has 5 heteroatoms. The van der Waals surface area contributed by atoms with Crippen molar-refractivity contribution in [2.45, 2.75) is 19.0 Å². The van der Waals surface area contributed by atoms with Crippen molar-refractivity contribution in [3.63, 3.8) is 0 Å². The molecule has 3 aromatic rings. The van der Waals surface area contributed by atoms with Gasteiger partial charge in [-0.25, -0.2) is 4.39 Å². The maximum absolute atomic E-state index is 13.1. The predicted octanol–water partition coefficient (Wildman–Crippen LogP) is 4.86. The van der Waals surface area contributed by atoms with Crippen molar-refractivity contribution < 1.29 is 13.9 Å². The van der Waals surface area contributed by atoms with Crippen LogP contribution in [0.1, 0.15) is 30.1 Å². The number of hydrogen-bond donors (Lipinski definition) is 2. The van der Waals surface area contributed by atoms with Crippen LogP contribution in [-0.2, 0) is 4.79 Å². The summed E-state index contributed by atoms with van der Waals surface area (Å²) in [5, 5.41) is 6.24. The summed E-state index contributed by atoms with van der Waals surface area (Å²) in [6, 6.07) is 22.2. The van der Waals surface area contributed by atoms with E-state index < -0.39 is 6.04 Å². The summed E-state index contributed by atoms with van der Waals surface area (Å²) < 4.78 is 18.6. The molecule has 1 amide bonds. The summed E-state index contributed by atoms with van der Waals surface area (Å²) >= 11 is 0. The number of carbonyl (C=O) groups is 1. The van der Waals surface area contributed by atoms with Gasteiger partial charge in [-0.3, -0.25) is 10.1 Å². The van der Waals surface area contributed by atoms with E-state index in [9.17, 15) is 9.18 Å². The van der Waals surface area contributed by atoms with E-state index in [1.54, 1.807) is 19.2 Å². The Hall–Kier alpha value is -3.18. The molecule has 144 valence electrons. The van der Waals surface area contributed by atoms with E-state index in [1.165, 1.54) is 12.1 Å². The van der Waals surface area contributed by atoms with Crippen LogP contribution < -0.4 is 15.4 Å². The topological polar surface area (TPSA) is 50.4 Å². The fraction of sp³-hybridized carbons (Fsp3) is 0.174. The van der Waals surface area contributed by atoms with Crippen LogP contribution in [0, 0.1) is 5.82 Å². The number of halogens is 1. The van der Waals surface area contributed by atoms with E-state index in [-0.39, 0.29) is 17.8 Å². The molecule has 28 heavy (non-hydrogen) atoms. The van der Waals surface area contributed by atoms with Gasteiger partial charge in [-0.05, 0) is 42.8 Å². The number of rotatable bonds is 7. The highest BCUT2D eigenvalue weighted by Crippen LogP contribution is 2.27. The van der Waals surface area contributed by atoms with E-state index in [1.807, 2.05) is 61.5 Å². The van der Waals surface area contributed by atoms with Crippen molar-refractivity contribution in [3.05, 3.63) is 95.8 Å². The van der Waals surface area contributed by atoms with E-state index in [4.69, 9.17) is 4.74 Å². The normalized spacial score (nSPS) is 12.8. The van der Waals surface area contributed by atoms with Gasteiger partial charge in [0.2, 0.25) is 5.91 Å². The largest absolute Gasteiger partial charge is 0.496 e.